The van der Waals surface area contributed by atoms with Crippen molar-refractivity contribution < 1.29 is 113 Å². The van der Waals surface area contributed by atoms with Gasteiger partial charge >= 0.3 is 49.2 Å². The highest BCUT2D eigenvalue weighted by atomic mass is 32.2. The predicted octanol–water partition coefficient (Wildman–Crippen LogP) is 8.68. The number of sulfone groups is 2. The number of esters is 1. The molecule has 2 aromatic heterocycles. The number of alkyl halides is 11. The van der Waals surface area contributed by atoms with E-state index < -0.39 is 95.4 Å². The van der Waals surface area contributed by atoms with Crippen molar-refractivity contribution in [1.82, 2.24) is 9.97 Å². The Balaban J connectivity index is 0.000000281. The molecule has 6 rings (SSSR count). The first-order valence-corrected chi connectivity index (χ1v) is 23.8. The molecule has 4 aromatic rings. The van der Waals surface area contributed by atoms with Crippen molar-refractivity contribution in [3.8, 4) is 34.0 Å². The molecule has 4 heterocycles. The molecule has 402 valence electrons. The van der Waals surface area contributed by atoms with Gasteiger partial charge in [0, 0.05) is 75.6 Å². The van der Waals surface area contributed by atoms with E-state index in [1.54, 1.807) is 20.8 Å². The van der Waals surface area contributed by atoms with E-state index in [1.165, 1.54) is 48.5 Å². The van der Waals surface area contributed by atoms with Gasteiger partial charge in [-0.2, -0.15) is 48.3 Å². The number of pyridine rings is 2. The van der Waals surface area contributed by atoms with Gasteiger partial charge in [-0.3, -0.25) is 19.6 Å². The summed E-state index contributed by atoms with van der Waals surface area (Å²) < 4.78 is 206. The van der Waals surface area contributed by atoms with Crippen molar-refractivity contribution in [1.29, 1.82) is 0 Å². The fraction of sp³-hybridized carbons (Fsp3) is 0.432. The molecule has 2 N–H and O–H groups in total. The van der Waals surface area contributed by atoms with Crippen LogP contribution < -0.4 is 9.47 Å². The first-order valence-electron chi connectivity index (χ1n) is 20.9. The summed E-state index contributed by atoms with van der Waals surface area (Å²) in [6, 6.07) is 14.6. The molecule has 29 heteroatoms. The number of aromatic nitrogens is 2. The van der Waals surface area contributed by atoms with Gasteiger partial charge in [0.25, 0.3) is 0 Å². The van der Waals surface area contributed by atoms with Gasteiger partial charge in [-0.25, -0.2) is 21.6 Å². The second-order valence-electron chi connectivity index (χ2n) is 16.6. The number of benzene rings is 2. The maximum absolute atomic E-state index is 13.6. The van der Waals surface area contributed by atoms with Crippen LogP contribution in [0.25, 0.3) is 22.5 Å². The molecule has 16 nitrogen and oxygen atoms in total. The molecule has 0 radical (unpaired) electrons. The highest BCUT2D eigenvalue weighted by Gasteiger charge is 2.55. The van der Waals surface area contributed by atoms with E-state index in [4.69, 9.17) is 24.1 Å². The zero-order chi connectivity index (χ0) is 55.0. The summed E-state index contributed by atoms with van der Waals surface area (Å²) in [6.45, 7) is 5.07. The molecule has 0 atom stereocenters. The Morgan fingerprint density at radius 2 is 0.904 bits per heavy atom. The van der Waals surface area contributed by atoms with Crippen LogP contribution in [0.5, 0.6) is 11.5 Å². The van der Waals surface area contributed by atoms with E-state index in [2.05, 4.69) is 19.4 Å². The summed E-state index contributed by atoms with van der Waals surface area (Å²) in [5.74, 6) is -6.04. The number of hydrogen-bond donors (Lipinski definition) is 2. The topological polar surface area (TPSA) is 232 Å². The van der Waals surface area contributed by atoms with Crippen LogP contribution in [0.1, 0.15) is 46.5 Å². The van der Waals surface area contributed by atoms with Crippen LogP contribution in [0.2, 0.25) is 0 Å². The summed E-state index contributed by atoms with van der Waals surface area (Å²) >= 11 is 0. The van der Waals surface area contributed by atoms with E-state index in [-0.39, 0.29) is 73.3 Å². The van der Waals surface area contributed by atoms with Gasteiger partial charge < -0.3 is 33.9 Å². The number of ether oxygens (including phenoxy) is 5. The van der Waals surface area contributed by atoms with E-state index in [1.807, 2.05) is 0 Å². The molecule has 2 saturated heterocycles. The maximum atomic E-state index is 13.6. The van der Waals surface area contributed by atoms with E-state index >= 15 is 0 Å². The summed E-state index contributed by atoms with van der Waals surface area (Å²) in [7, 11) is -8.49. The lowest BCUT2D eigenvalue weighted by Gasteiger charge is -2.36. The summed E-state index contributed by atoms with van der Waals surface area (Å²) in [6.07, 6.45) is -20.8. The number of carbonyl (C=O) groups excluding carboxylic acids is 1. The SMILES string of the molecule is CC(C)(C)OC(=O)C1(S(=O)(=O)c2ccc(-c3ccc(OC(F)(F)C(F)F)cc3)nc2)CCOCC1.O=C(O)C(F)(F)F.O=C(O)C1(S(=O)(=O)c2ccc(-c3ccc(OC(F)(F)C(F)F)cc3)nc2)CCOCC1. The van der Waals surface area contributed by atoms with Gasteiger partial charge in [-0.15, -0.1) is 0 Å². The minimum absolute atomic E-state index is 0.00390. The second-order valence-corrected chi connectivity index (χ2v) is 21.1. The molecule has 73 heavy (non-hydrogen) atoms. The van der Waals surface area contributed by atoms with Crippen molar-refractivity contribution in [2.24, 2.45) is 0 Å². The first-order chi connectivity index (χ1) is 33.6. The fourth-order valence-corrected chi connectivity index (χ4v) is 10.3. The van der Waals surface area contributed by atoms with E-state index in [0.717, 1.165) is 36.7 Å². The Morgan fingerprint density at radius 1 is 0.575 bits per heavy atom. The predicted molar refractivity (Wildman–Crippen MR) is 230 cm³/mol. The Morgan fingerprint density at radius 3 is 1.18 bits per heavy atom. The molecule has 2 fully saturated rings. The van der Waals surface area contributed by atoms with Gasteiger partial charge in [-0.1, -0.05) is 0 Å². The van der Waals surface area contributed by atoms with Crippen LogP contribution in [0.3, 0.4) is 0 Å². The number of carboxylic acids is 2. The Kier molecular flexibility index (Phi) is 18.6. The Labute approximate surface area is 408 Å². The quantitative estimate of drug-likeness (QED) is 0.0888. The van der Waals surface area contributed by atoms with Gasteiger partial charge in [0.1, 0.15) is 17.1 Å². The average molecular weight is 1100 g/mol. The number of nitrogens with zero attached hydrogens (tertiary/aromatic N) is 2. The van der Waals surface area contributed by atoms with Gasteiger partial charge in [-0.05, 0) is 93.6 Å². The highest BCUT2D eigenvalue weighted by Crippen LogP contribution is 2.39. The Bertz CT molecular complexity index is 2750. The smallest absolute Gasteiger partial charge is 0.480 e. The number of halogens is 11. The van der Waals surface area contributed by atoms with Crippen LogP contribution >= 0.6 is 0 Å². The van der Waals surface area contributed by atoms with Crippen molar-refractivity contribution in [2.45, 2.75) is 103 Å². The molecule has 0 unspecified atom stereocenters. The molecule has 2 aliphatic heterocycles. The van der Waals surface area contributed by atoms with Gasteiger partial charge in [0.05, 0.1) is 21.2 Å². The minimum Gasteiger partial charge on any atom is -0.480 e. The van der Waals surface area contributed by atoms with Gasteiger partial charge in [0.2, 0.25) is 0 Å². The summed E-state index contributed by atoms with van der Waals surface area (Å²) in [4.78, 5) is 41.4. The lowest BCUT2D eigenvalue weighted by Crippen LogP contribution is -2.53. The van der Waals surface area contributed by atoms with Crippen LogP contribution in [0, 0.1) is 0 Å². The van der Waals surface area contributed by atoms with Crippen LogP contribution in [-0.4, -0.2) is 128 Å². The standard InChI is InChI=1S/C23H25F4NO6S.C19H17F4NO6S.C2HF3O2/c1-21(2,3)34-20(29)22(10-12-32-13-11-22)35(30,31)17-8-9-18(28-14-17)15-4-6-16(7-5-15)33-23(26,27)19(24)25;20-16(21)19(22,23)30-13-3-1-12(2-4-13)15-6-5-14(11-24-15)31(27,28)18(17(25)26)7-9-29-10-8-18;3-2(4,5)1(6)7/h4-9,14,19H,10-13H2,1-3H3;1-6,11,16H,7-10H2,(H,25,26);(H,6,7). The molecule has 0 aliphatic carbocycles. The fourth-order valence-electron chi connectivity index (χ4n) is 6.62. The summed E-state index contributed by atoms with van der Waals surface area (Å²) in [5.41, 5.74) is 0.414. The maximum Gasteiger partial charge on any atom is 0.490 e. The zero-order valence-electron chi connectivity index (χ0n) is 38.1. The molecule has 0 spiro atoms. The third-order valence-corrected chi connectivity index (χ3v) is 15.4. The third-order valence-electron chi connectivity index (χ3n) is 10.4. The molecule has 0 bridgehead atoms. The molecular weight excluding hydrogens is 1050 g/mol. The largest absolute Gasteiger partial charge is 0.490 e. The number of hydrogen-bond acceptors (Lipinski definition) is 14. The molecule has 2 aliphatic rings. The number of aliphatic carboxylic acids is 2. The third kappa shape index (κ3) is 14.3. The minimum atomic E-state index is -5.08. The normalized spacial score (nSPS) is 16.2. The number of rotatable bonds is 14. The molecule has 0 amide bonds. The summed E-state index contributed by atoms with van der Waals surface area (Å²) in [5, 5.41) is 16.7. The van der Waals surface area contributed by atoms with Crippen molar-refractivity contribution >= 4 is 37.6 Å². The highest BCUT2D eigenvalue weighted by molar-refractivity contribution is 7.94. The second kappa shape index (κ2) is 22.9. The number of carbonyl (C=O) groups is 3. The van der Waals surface area contributed by atoms with Crippen LogP contribution in [-0.2, 0) is 48.3 Å². The molecule has 0 saturated carbocycles. The average Bonchev–Trinajstić information content (AvgIpc) is 3.31. The first kappa shape index (κ1) is 59.4. The van der Waals surface area contributed by atoms with E-state index in [9.17, 15) is 79.8 Å². The monoisotopic (exact) mass is 1100 g/mol. The zero-order valence-corrected chi connectivity index (χ0v) is 39.7. The number of carboxylic acid groups (broad SMARTS) is 2. The van der Waals surface area contributed by atoms with E-state index in [0.29, 0.717) is 11.1 Å². The van der Waals surface area contributed by atoms with Gasteiger partial charge in [0.15, 0.2) is 29.2 Å². The molecule has 2 aromatic carbocycles. The Hall–Kier alpha value is -6.20. The van der Waals surface area contributed by atoms with Crippen molar-refractivity contribution in [3.05, 3.63) is 85.2 Å². The van der Waals surface area contributed by atoms with Crippen LogP contribution in [0.15, 0.2) is 95.0 Å². The lowest BCUT2D eigenvalue weighted by atomic mass is 9.99. The lowest BCUT2D eigenvalue weighted by molar-refractivity contribution is -0.253. The van der Waals surface area contributed by atoms with Crippen molar-refractivity contribution in [2.75, 3.05) is 26.4 Å². The van der Waals surface area contributed by atoms with Crippen molar-refractivity contribution in [3.63, 3.8) is 0 Å². The molecular formula is C44H43F11N2O14S2. The van der Waals surface area contributed by atoms with Crippen LogP contribution in [0.4, 0.5) is 48.3 Å².